The fourth-order valence-corrected chi connectivity index (χ4v) is 5.19. The van der Waals surface area contributed by atoms with E-state index in [1.54, 1.807) is 0 Å². The first kappa shape index (κ1) is 18.9. The van der Waals surface area contributed by atoms with Crippen LogP contribution in [0.1, 0.15) is 28.0 Å². The topological polar surface area (TPSA) is 47.6 Å². The second-order valence-corrected chi connectivity index (χ2v) is 9.39. The highest BCUT2D eigenvalue weighted by molar-refractivity contribution is 7.54. The van der Waals surface area contributed by atoms with Gasteiger partial charge in [-0.1, -0.05) is 60.2 Å². The van der Waals surface area contributed by atoms with Crippen LogP contribution in [-0.4, -0.2) is 14.2 Å². The average Bonchev–Trinajstić information content (AvgIpc) is 3.10. The first-order chi connectivity index (χ1) is 13.5. The van der Waals surface area contributed by atoms with E-state index in [9.17, 15) is 4.57 Å². The van der Waals surface area contributed by atoms with Crippen molar-refractivity contribution >= 4 is 13.3 Å². The molecule has 3 aromatic carbocycles. The lowest BCUT2D eigenvalue weighted by Crippen LogP contribution is -2.13. The molecule has 0 saturated heterocycles. The van der Waals surface area contributed by atoms with Gasteiger partial charge < -0.3 is 14.4 Å². The van der Waals surface area contributed by atoms with Crippen LogP contribution in [0, 0.1) is 6.92 Å². The molecular formula is C23H24NO3P. The van der Waals surface area contributed by atoms with E-state index in [0.717, 1.165) is 23.2 Å². The van der Waals surface area contributed by atoms with Crippen LogP contribution in [0.5, 0.6) is 0 Å². The van der Waals surface area contributed by atoms with E-state index in [1.807, 2.05) is 37.3 Å². The number of nitrogens with one attached hydrogen (secondary N) is 1. The monoisotopic (exact) mass is 393 g/mol. The summed E-state index contributed by atoms with van der Waals surface area (Å²) in [6.07, 6.45) is 0.905. The van der Waals surface area contributed by atoms with Gasteiger partial charge in [0.25, 0.3) is 0 Å². The predicted octanol–water partition coefficient (Wildman–Crippen LogP) is 6.16. The van der Waals surface area contributed by atoms with Crippen LogP contribution in [0.2, 0.25) is 0 Å². The van der Waals surface area contributed by atoms with Crippen molar-refractivity contribution in [3.05, 3.63) is 89.0 Å². The van der Waals surface area contributed by atoms with Crippen molar-refractivity contribution in [1.82, 2.24) is 0 Å². The zero-order valence-electron chi connectivity index (χ0n) is 16.3. The van der Waals surface area contributed by atoms with Gasteiger partial charge in [0, 0.05) is 19.9 Å². The molecule has 144 valence electrons. The van der Waals surface area contributed by atoms with Crippen molar-refractivity contribution in [2.75, 3.05) is 19.5 Å². The van der Waals surface area contributed by atoms with E-state index in [4.69, 9.17) is 9.05 Å². The molecule has 0 saturated carbocycles. The fraction of sp³-hybridized carbons (Fsp3) is 0.217. The first-order valence-electron chi connectivity index (χ1n) is 9.29. The number of rotatable bonds is 6. The summed E-state index contributed by atoms with van der Waals surface area (Å²) in [6, 6.07) is 22.7. The van der Waals surface area contributed by atoms with Crippen LogP contribution in [0.15, 0.2) is 66.7 Å². The van der Waals surface area contributed by atoms with Crippen molar-refractivity contribution < 1.29 is 13.6 Å². The van der Waals surface area contributed by atoms with Crippen molar-refractivity contribution in [1.29, 1.82) is 0 Å². The second-order valence-electron chi connectivity index (χ2n) is 7.07. The summed E-state index contributed by atoms with van der Waals surface area (Å²) >= 11 is 0. The molecule has 0 aliphatic heterocycles. The Morgan fingerprint density at radius 1 is 0.893 bits per heavy atom. The molecule has 1 N–H and O–H groups in total. The van der Waals surface area contributed by atoms with Gasteiger partial charge in [-0.25, -0.2) is 0 Å². The number of anilines is 1. The highest BCUT2D eigenvalue weighted by Crippen LogP contribution is 2.59. The highest BCUT2D eigenvalue weighted by Gasteiger charge is 2.35. The molecule has 4 nitrogen and oxygen atoms in total. The minimum atomic E-state index is -3.38. The first-order valence-corrected chi connectivity index (χ1v) is 10.9. The fourth-order valence-electron chi connectivity index (χ4n) is 3.77. The molecule has 0 fully saturated rings. The van der Waals surface area contributed by atoms with Gasteiger partial charge in [-0.3, -0.25) is 4.57 Å². The summed E-state index contributed by atoms with van der Waals surface area (Å²) in [6.45, 7) is 2.02. The highest BCUT2D eigenvalue weighted by atomic mass is 31.2. The van der Waals surface area contributed by atoms with E-state index in [2.05, 4.69) is 41.7 Å². The lowest BCUT2D eigenvalue weighted by molar-refractivity contribution is 0.268. The lowest BCUT2D eigenvalue weighted by atomic mass is 10.1. The van der Waals surface area contributed by atoms with Gasteiger partial charge in [0.05, 0.1) is 0 Å². The van der Waals surface area contributed by atoms with Crippen molar-refractivity contribution in [3.8, 4) is 11.1 Å². The molecule has 0 bridgehead atoms. The standard InChI is InChI=1S/C23H24NO3P/c1-16-8-10-17(11-9-16)23(28(25,26-2)27-3)24-20-12-13-22-19(15-20)14-18-6-4-5-7-21(18)22/h4-13,15,23-24H,14H2,1-3H3. The summed E-state index contributed by atoms with van der Waals surface area (Å²) in [7, 11) is -0.537. The molecule has 0 aromatic heterocycles. The molecule has 1 aliphatic rings. The Morgan fingerprint density at radius 3 is 2.29 bits per heavy atom. The molecule has 1 unspecified atom stereocenters. The van der Waals surface area contributed by atoms with Gasteiger partial charge in [0.15, 0.2) is 5.78 Å². The minimum Gasteiger partial charge on any atom is -0.368 e. The number of aryl methyl sites for hydroxylation is 1. The summed E-state index contributed by atoms with van der Waals surface area (Å²) < 4.78 is 23.9. The summed E-state index contributed by atoms with van der Waals surface area (Å²) in [5.41, 5.74) is 8.05. The SMILES string of the molecule is COP(=O)(OC)C(Nc1ccc2c(c1)Cc1ccccc1-2)c1ccc(C)cc1. The van der Waals surface area contributed by atoms with E-state index in [0.29, 0.717) is 0 Å². The molecule has 4 rings (SSSR count). The molecule has 1 atom stereocenters. The Kier molecular flexibility index (Phi) is 5.11. The Labute approximate surface area is 166 Å². The second kappa shape index (κ2) is 7.56. The molecular weight excluding hydrogens is 369 g/mol. The maximum Gasteiger partial charge on any atom is 0.356 e. The lowest BCUT2D eigenvalue weighted by Gasteiger charge is -2.27. The van der Waals surface area contributed by atoms with E-state index < -0.39 is 13.4 Å². The van der Waals surface area contributed by atoms with Crippen LogP contribution >= 0.6 is 7.60 Å². The Bertz CT molecular complexity index is 1040. The molecule has 0 radical (unpaired) electrons. The maximum atomic E-state index is 13.2. The van der Waals surface area contributed by atoms with Crippen LogP contribution in [0.4, 0.5) is 5.69 Å². The third kappa shape index (κ3) is 3.40. The van der Waals surface area contributed by atoms with Gasteiger partial charge in [-0.2, -0.15) is 0 Å². The van der Waals surface area contributed by atoms with E-state index >= 15 is 0 Å². The molecule has 0 heterocycles. The molecule has 1 aliphatic carbocycles. The number of hydrogen-bond donors (Lipinski definition) is 1. The molecule has 0 amide bonds. The zero-order valence-corrected chi connectivity index (χ0v) is 17.2. The normalized spacial score (nSPS) is 13.7. The average molecular weight is 393 g/mol. The smallest absolute Gasteiger partial charge is 0.356 e. The molecule has 3 aromatic rings. The van der Waals surface area contributed by atoms with Crippen molar-refractivity contribution in [2.24, 2.45) is 0 Å². The number of hydrogen-bond acceptors (Lipinski definition) is 4. The predicted molar refractivity (Wildman–Crippen MR) is 114 cm³/mol. The number of fused-ring (bicyclic) bond motifs is 3. The summed E-state index contributed by atoms with van der Waals surface area (Å²) in [5, 5.41) is 3.40. The molecule has 5 heteroatoms. The van der Waals surface area contributed by atoms with Crippen LogP contribution in [0.3, 0.4) is 0 Å². The van der Waals surface area contributed by atoms with E-state index in [1.165, 1.54) is 36.5 Å². The maximum absolute atomic E-state index is 13.2. The van der Waals surface area contributed by atoms with Gasteiger partial charge in [-0.05, 0) is 53.3 Å². The minimum absolute atomic E-state index is 0.593. The third-order valence-corrected chi connectivity index (χ3v) is 7.39. The third-order valence-electron chi connectivity index (χ3n) is 5.32. The largest absolute Gasteiger partial charge is 0.368 e. The van der Waals surface area contributed by atoms with Gasteiger partial charge in [0.2, 0.25) is 0 Å². The zero-order chi connectivity index (χ0) is 19.7. The molecule has 28 heavy (non-hydrogen) atoms. The van der Waals surface area contributed by atoms with Crippen LogP contribution in [-0.2, 0) is 20.0 Å². The van der Waals surface area contributed by atoms with Crippen molar-refractivity contribution in [2.45, 2.75) is 19.1 Å². The van der Waals surface area contributed by atoms with E-state index in [-0.39, 0.29) is 0 Å². The number of benzene rings is 3. The van der Waals surface area contributed by atoms with Gasteiger partial charge in [-0.15, -0.1) is 0 Å². The van der Waals surface area contributed by atoms with Gasteiger partial charge in [0.1, 0.15) is 0 Å². The summed E-state index contributed by atoms with van der Waals surface area (Å²) in [4.78, 5) is 0. The molecule has 0 spiro atoms. The van der Waals surface area contributed by atoms with Crippen LogP contribution < -0.4 is 5.32 Å². The Hall–Kier alpha value is -2.39. The Balaban J connectivity index is 1.69. The Morgan fingerprint density at radius 2 is 1.57 bits per heavy atom. The van der Waals surface area contributed by atoms with Crippen molar-refractivity contribution in [3.63, 3.8) is 0 Å². The van der Waals surface area contributed by atoms with Crippen LogP contribution in [0.25, 0.3) is 11.1 Å². The van der Waals surface area contributed by atoms with Gasteiger partial charge >= 0.3 is 7.60 Å². The summed E-state index contributed by atoms with van der Waals surface area (Å²) in [5.74, 6) is -0.593. The quantitative estimate of drug-likeness (QED) is 0.398.